The monoisotopic (exact) mass is 334 g/mol. The zero-order valence-corrected chi connectivity index (χ0v) is 12.2. The maximum absolute atomic E-state index is 13.2. The summed E-state index contributed by atoms with van der Waals surface area (Å²) < 4.78 is 19.4. The van der Waals surface area contributed by atoms with Gasteiger partial charge in [0.05, 0.1) is 6.61 Å². The third-order valence-corrected chi connectivity index (χ3v) is 4.14. The standard InChI is InChI=1S/C16H12BrFO2/c17-14-3-2-13(18)8-12(14)9-15(19)10-1-4-16-11(7-10)5-6-20-16/h1-4,7-8H,5-6,9H2. The molecule has 0 aliphatic carbocycles. The third kappa shape index (κ3) is 2.61. The van der Waals surface area contributed by atoms with Crippen molar-refractivity contribution < 1.29 is 13.9 Å². The van der Waals surface area contributed by atoms with Crippen LogP contribution in [0.25, 0.3) is 0 Å². The summed E-state index contributed by atoms with van der Waals surface area (Å²) in [7, 11) is 0. The first-order valence-electron chi connectivity index (χ1n) is 6.36. The Hall–Kier alpha value is -1.68. The molecule has 0 fully saturated rings. The molecule has 1 aliphatic rings. The minimum Gasteiger partial charge on any atom is -0.493 e. The van der Waals surface area contributed by atoms with Gasteiger partial charge in [-0.2, -0.15) is 0 Å². The van der Waals surface area contributed by atoms with Crippen LogP contribution in [-0.2, 0) is 12.8 Å². The highest BCUT2D eigenvalue weighted by atomic mass is 79.9. The van der Waals surface area contributed by atoms with Gasteiger partial charge in [0.15, 0.2) is 5.78 Å². The van der Waals surface area contributed by atoms with E-state index in [0.717, 1.165) is 22.2 Å². The second kappa shape index (κ2) is 5.37. The Morgan fingerprint density at radius 2 is 2.10 bits per heavy atom. The van der Waals surface area contributed by atoms with Crippen LogP contribution >= 0.6 is 15.9 Å². The van der Waals surface area contributed by atoms with Crippen LogP contribution in [-0.4, -0.2) is 12.4 Å². The van der Waals surface area contributed by atoms with Crippen LogP contribution < -0.4 is 4.74 Å². The Kier molecular flexibility index (Phi) is 3.57. The molecular formula is C16H12BrFO2. The number of hydrogen-bond donors (Lipinski definition) is 0. The van der Waals surface area contributed by atoms with Crippen molar-refractivity contribution in [1.82, 2.24) is 0 Å². The van der Waals surface area contributed by atoms with E-state index in [1.165, 1.54) is 12.1 Å². The molecule has 2 aromatic carbocycles. The number of Topliss-reactive ketones (excluding diaryl/α,β-unsaturated/α-hetero) is 1. The number of hydrogen-bond acceptors (Lipinski definition) is 2. The molecule has 1 heterocycles. The van der Waals surface area contributed by atoms with Crippen LogP contribution in [0.1, 0.15) is 21.5 Å². The largest absolute Gasteiger partial charge is 0.493 e. The fourth-order valence-corrected chi connectivity index (χ4v) is 2.70. The fraction of sp³-hybridized carbons (Fsp3) is 0.188. The molecule has 102 valence electrons. The minimum absolute atomic E-state index is 0.0222. The van der Waals surface area contributed by atoms with E-state index in [4.69, 9.17) is 4.74 Å². The lowest BCUT2D eigenvalue weighted by Crippen LogP contribution is -2.05. The van der Waals surface area contributed by atoms with Crippen LogP contribution in [0.2, 0.25) is 0 Å². The van der Waals surface area contributed by atoms with E-state index >= 15 is 0 Å². The maximum atomic E-state index is 13.2. The maximum Gasteiger partial charge on any atom is 0.167 e. The van der Waals surface area contributed by atoms with Crippen molar-refractivity contribution in [2.45, 2.75) is 12.8 Å². The van der Waals surface area contributed by atoms with Crippen LogP contribution in [0.5, 0.6) is 5.75 Å². The molecule has 0 aromatic heterocycles. The molecule has 0 saturated heterocycles. The lowest BCUT2D eigenvalue weighted by atomic mass is 10.0. The van der Waals surface area contributed by atoms with E-state index in [2.05, 4.69) is 15.9 Å². The molecule has 0 saturated carbocycles. The Balaban J connectivity index is 1.84. The molecular weight excluding hydrogens is 323 g/mol. The lowest BCUT2D eigenvalue weighted by molar-refractivity contribution is 0.0992. The van der Waals surface area contributed by atoms with Crippen LogP contribution in [0, 0.1) is 5.82 Å². The summed E-state index contributed by atoms with van der Waals surface area (Å²) in [6, 6.07) is 9.84. The molecule has 0 amide bonds. The van der Waals surface area contributed by atoms with Crippen molar-refractivity contribution in [1.29, 1.82) is 0 Å². The number of fused-ring (bicyclic) bond motifs is 1. The Morgan fingerprint density at radius 3 is 2.95 bits per heavy atom. The summed E-state index contributed by atoms with van der Waals surface area (Å²) in [6.45, 7) is 0.669. The van der Waals surface area contributed by atoms with Crippen molar-refractivity contribution in [2.24, 2.45) is 0 Å². The summed E-state index contributed by atoms with van der Waals surface area (Å²) in [5.74, 6) is 0.498. The zero-order chi connectivity index (χ0) is 14.1. The second-order valence-electron chi connectivity index (χ2n) is 4.76. The Bertz CT molecular complexity index is 682. The highest BCUT2D eigenvalue weighted by Gasteiger charge is 2.16. The molecule has 20 heavy (non-hydrogen) atoms. The molecule has 0 spiro atoms. The normalized spacial score (nSPS) is 12.9. The first-order valence-corrected chi connectivity index (χ1v) is 7.15. The third-order valence-electron chi connectivity index (χ3n) is 3.37. The van der Waals surface area contributed by atoms with E-state index in [-0.39, 0.29) is 18.0 Å². The number of ether oxygens (including phenoxy) is 1. The van der Waals surface area contributed by atoms with E-state index in [0.29, 0.717) is 17.7 Å². The van der Waals surface area contributed by atoms with Gasteiger partial charge in [-0.3, -0.25) is 4.79 Å². The van der Waals surface area contributed by atoms with Gasteiger partial charge in [-0.15, -0.1) is 0 Å². The molecule has 3 rings (SSSR count). The minimum atomic E-state index is -0.335. The number of carbonyl (C=O) groups is 1. The van der Waals surface area contributed by atoms with Gasteiger partial charge in [0.25, 0.3) is 0 Å². The van der Waals surface area contributed by atoms with Crippen molar-refractivity contribution in [3.8, 4) is 5.75 Å². The van der Waals surface area contributed by atoms with Gasteiger partial charge in [-0.05, 0) is 47.5 Å². The average Bonchev–Trinajstić information content (AvgIpc) is 2.90. The van der Waals surface area contributed by atoms with Gasteiger partial charge in [-0.25, -0.2) is 4.39 Å². The summed E-state index contributed by atoms with van der Waals surface area (Å²) in [5, 5.41) is 0. The number of ketones is 1. The quantitative estimate of drug-likeness (QED) is 0.794. The van der Waals surface area contributed by atoms with Crippen LogP contribution in [0.4, 0.5) is 4.39 Å². The summed E-state index contributed by atoms with van der Waals surface area (Å²) in [4.78, 5) is 12.3. The Labute approximate surface area is 124 Å². The predicted octanol–water partition coefficient (Wildman–Crippen LogP) is 3.95. The van der Waals surface area contributed by atoms with Gasteiger partial charge < -0.3 is 4.74 Å². The fourth-order valence-electron chi connectivity index (χ4n) is 2.31. The second-order valence-corrected chi connectivity index (χ2v) is 5.61. The van der Waals surface area contributed by atoms with E-state index < -0.39 is 0 Å². The number of halogens is 2. The molecule has 0 N–H and O–H groups in total. The zero-order valence-electron chi connectivity index (χ0n) is 10.7. The van der Waals surface area contributed by atoms with Gasteiger partial charge in [0.1, 0.15) is 11.6 Å². The molecule has 0 atom stereocenters. The predicted molar refractivity (Wildman–Crippen MR) is 77.8 cm³/mol. The van der Waals surface area contributed by atoms with Crippen molar-refractivity contribution in [2.75, 3.05) is 6.61 Å². The smallest absolute Gasteiger partial charge is 0.167 e. The lowest BCUT2D eigenvalue weighted by Gasteiger charge is -2.06. The molecule has 0 bridgehead atoms. The van der Waals surface area contributed by atoms with Crippen molar-refractivity contribution >= 4 is 21.7 Å². The summed E-state index contributed by atoms with van der Waals surface area (Å²) in [5.41, 5.74) is 2.37. The molecule has 2 nitrogen and oxygen atoms in total. The summed E-state index contributed by atoms with van der Waals surface area (Å²) in [6.07, 6.45) is 1.01. The van der Waals surface area contributed by atoms with E-state index in [1.807, 2.05) is 12.1 Å². The molecule has 0 radical (unpaired) electrons. The van der Waals surface area contributed by atoms with Gasteiger partial charge >= 0.3 is 0 Å². The van der Waals surface area contributed by atoms with E-state index in [1.54, 1.807) is 12.1 Å². The summed E-state index contributed by atoms with van der Waals surface area (Å²) >= 11 is 3.34. The number of rotatable bonds is 3. The molecule has 2 aromatic rings. The van der Waals surface area contributed by atoms with E-state index in [9.17, 15) is 9.18 Å². The van der Waals surface area contributed by atoms with Gasteiger partial charge in [-0.1, -0.05) is 15.9 Å². The van der Waals surface area contributed by atoms with Crippen LogP contribution in [0.3, 0.4) is 0 Å². The molecule has 0 unspecified atom stereocenters. The highest BCUT2D eigenvalue weighted by molar-refractivity contribution is 9.10. The first-order chi connectivity index (χ1) is 9.63. The number of benzene rings is 2. The Morgan fingerprint density at radius 1 is 1.25 bits per heavy atom. The average molecular weight is 335 g/mol. The van der Waals surface area contributed by atoms with Crippen LogP contribution in [0.15, 0.2) is 40.9 Å². The molecule has 1 aliphatic heterocycles. The molecule has 4 heteroatoms. The van der Waals surface area contributed by atoms with Crippen molar-refractivity contribution in [3.63, 3.8) is 0 Å². The number of carbonyl (C=O) groups excluding carboxylic acids is 1. The first kappa shape index (κ1) is 13.3. The SMILES string of the molecule is O=C(Cc1cc(F)ccc1Br)c1ccc2c(c1)CCO2. The highest BCUT2D eigenvalue weighted by Crippen LogP contribution is 2.27. The van der Waals surface area contributed by atoms with Crippen molar-refractivity contribution in [3.05, 3.63) is 63.4 Å². The van der Waals surface area contributed by atoms with Gasteiger partial charge in [0, 0.05) is 22.9 Å². The topological polar surface area (TPSA) is 26.3 Å². The van der Waals surface area contributed by atoms with Gasteiger partial charge in [0.2, 0.25) is 0 Å².